The Morgan fingerprint density at radius 3 is 2.63 bits per heavy atom. The molecule has 0 spiro atoms. The topological polar surface area (TPSA) is 66.9 Å². The zero-order valence-corrected chi connectivity index (χ0v) is 15.4. The first-order chi connectivity index (χ1) is 13.0. The van der Waals surface area contributed by atoms with Crippen molar-refractivity contribution in [3.63, 3.8) is 0 Å². The van der Waals surface area contributed by atoms with Crippen LogP contribution in [0.3, 0.4) is 0 Å². The molecule has 1 aromatic heterocycles. The molecule has 3 aromatic rings. The van der Waals surface area contributed by atoms with Gasteiger partial charge in [0.1, 0.15) is 5.82 Å². The average molecular weight is 385 g/mol. The van der Waals surface area contributed by atoms with Crippen LogP contribution in [0.1, 0.15) is 21.5 Å². The fourth-order valence-electron chi connectivity index (χ4n) is 2.47. The van der Waals surface area contributed by atoms with E-state index in [9.17, 15) is 9.18 Å². The van der Waals surface area contributed by atoms with Crippen LogP contribution in [0.2, 0.25) is 5.02 Å². The van der Waals surface area contributed by atoms with Gasteiger partial charge in [-0.25, -0.2) is 14.4 Å². The summed E-state index contributed by atoms with van der Waals surface area (Å²) in [5.74, 6) is -0.220. The van der Waals surface area contributed by atoms with E-state index >= 15 is 0 Å². The average Bonchev–Trinajstić information content (AvgIpc) is 2.67. The molecule has 2 aromatic carbocycles. The van der Waals surface area contributed by atoms with Crippen LogP contribution in [0.5, 0.6) is 0 Å². The monoisotopic (exact) mass is 384 g/mol. The third-order valence-corrected chi connectivity index (χ3v) is 4.23. The van der Waals surface area contributed by atoms with E-state index in [1.54, 1.807) is 30.3 Å². The molecule has 27 heavy (non-hydrogen) atoms. The minimum atomic E-state index is -0.308. The summed E-state index contributed by atoms with van der Waals surface area (Å²) in [5, 5.41) is 6.41. The zero-order chi connectivity index (χ0) is 19.2. The van der Waals surface area contributed by atoms with E-state index in [4.69, 9.17) is 11.6 Å². The second kappa shape index (κ2) is 8.60. The molecule has 5 nitrogen and oxygen atoms in total. The highest BCUT2D eigenvalue weighted by atomic mass is 35.5. The molecule has 2 N–H and O–H groups in total. The van der Waals surface area contributed by atoms with E-state index in [1.165, 1.54) is 18.5 Å². The molecule has 0 fully saturated rings. The number of nitrogens with zero attached hydrogens (tertiary/aromatic N) is 2. The number of benzene rings is 2. The van der Waals surface area contributed by atoms with Crippen LogP contribution in [0, 0.1) is 12.7 Å². The molecule has 7 heteroatoms. The highest BCUT2D eigenvalue weighted by Crippen LogP contribution is 2.22. The number of hydrogen-bond acceptors (Lipinski definition) is 4. The lowest BCUT2D eigenvalue weighted by molar-refractivity contribution is 0.0953. The third-order valence-electron chi connectivity index (χ3n) is 4.00. The summed E-state index contributed by atoms with van der Waals surface area (Å²) < 4.78 is 13.6. The van der Waals surface area contributed by atoms with Crippen LogP contribution in [0.4, 0.5) is 16.0 Å². The van der Waals surface area contributed by atoms with Gasteiger partial charge < -0.3 is 10.6 Å². The normalized spacial score (nSPS) is 10.5. The first-order valence-corrected chi connectivity index (χ1v) is 8.77. The Morgan fingerprint density at radius 2 is 1.89 bits per heavy atom. The molecule has 0 aliphatic carbocycles. The van der Waals surface area contributed by atoms with Crippen LogP contribution in [-0.4, -0.2) is 22.4 Å². The molecule has 0 unspecified atom stereocenters. The van der Waals surface area contributed by atoms with E-state index in [2.05, 4.69) is 20.6 Å². The first-order valence-electron chi connectivity index (χ1n) is 8.40. The molecule has 138 valence electrons. The van der Waals surface area contributed by atoms with Crippen LogP contribution < -0.4 is 10.6 Å². The molecular weight excluding hydrogens is 367 g/mol. The third kappa shape index (κ3) is 5.01. The molecule has 1 heterocycles. The number of aromatic nitrogens is 2. The van der Waals surface area contributed by atoms with Gasteiger partial charge in [0.15, 0.2) is 0 Å². The van der Waals surface area contributed by atoms with Crippen molar-refractivity contribution in [1.82, 2.24) is 15.3 Å². The number of carbonyl (C=O) groups excluding carboxylic acids is 1. The van der Waals surface area contributed by atoms with E-state index in [1.807, 2.05) is 13.0 Å². The van der Waals surface area contributed by atoms with Gasteiger partial charge in [-0.05, 0) is 42.7 Å². The fourth-order valence-corrected chi connectivity index (χ4v) is 2.65. The van der Waals surface area contributed by atoms with Crippen molar-refractivity contribution in [2.24, 2.45) is 0 Å². The predicted molar refractivity (Wildman–Crippen MR) is 104 cm³/mol. The number of aryl methyl sites for hydroxylation is 1. The lowest BCUT2D eigenvalue weighted by atomic mass is 10.1. The van der Waals surface area contributed by atoms with Crippen LogP contribution in [0.15, 0.2) is 54.9 Å². The van der Waals surface area contributed by atoms with Crippen molar-refractivity contribution in [2.75, 3.05) is 11.9 Å². The summed E-state index contributed by atoms with van der Waals surface area (Å²) in [6.07, 6.45) is 3.29. The van der Waals surface area contributed by atoms with E-state index in [0.717, 1.165) is 11.3 Å². The number of hydrogen-bond donors (Lipinski definition) is 2. The lowest BCUT2D eigenvalue weighted by Crippen LogP contribution is -2.26. The van der Waals surface area contributed by atoms with Gasteiger partial charge in [-0.15, -0.1) is 0 Å². The number of anilines is 2. The van der Waals surface area contributed by atoms with Gasteiger partial charge in [-0.1, -0.05) is 35.9 Å². The molecule has 0 radical (unpaired) electrons. The maximum absolute atomic E-state index is 13.6. The Morgan fingerprint density at radius 1 is 1.15 bits per heavy atom. The highest BCUT2D eigenvalue weighted by Gasteiger charge is 2.09. The SMILES string of the molecule is Cc1ccc(Cl)cc1Nc1ncc(C(=O)NCCc2ccccc2F)cn1. The molecule has 0 atom stereocenters. The van der Waals surface area contributed by atoms with Gasteiger partial charge in [0.05, 0.1) is 5.56 Å². The van der Waals surface area contributed by atoms with Crippen molar-refractivity contribution in [3.05, 3.63) is 82.4 Å². The van der Waals surface area contributed by atoms with Gasteiger partial charge in [0, 0.05) is 29.6 Å². The quantitative estimate of drug-likeness (QED) is 0.665. The summed E-state index contributed by atoms with van der Waals surface area (Å²) in [6, 6.07) is 12.0. The van der Waals surface area contributed by atoms with Gasteiger partial charge in [0.2, 0.25) is 5.95 Å². The van der Waals surface area contributed by atoms with E-state index in [0.29, 0.717) is 35.1 Å². The lowest BCUT2D eigenvalue weighted by Gasteiger charge is -2.09. The van der Waals surface area contributed by atoms with Gasteiger partial charge in [-0.2, -0.15) is 0 Å². The summed E-state index contributed by atoms with van der Waals surface area (Å²) in [4.78, 5) is 20.5. The van der Waals surface area contributed by atoms with E-state index in [-0.39, 0.29) is 11.7 Å². The minimum absolute atomic E-state index is 0.276. The Hall–Kier alpha value is -2.99. The van der Waals surface area contributed by atoms with Crippen molar-refractivity contribution in [3.8, 4) is 0 Å². The van der Waals surface area contributed by atoms with Crippen molar-refractivity contribution < 1.29 is 9.18 Å². The minimum Gasteiger partial charge on any atom is -0.352 e. The summed E-state index contributed by atoms with van der Waals surface area (Å²) >= 11 is 6.00. The Bertz CT molecular complexity index is 947. The van der Waals surface area contributed by atoms with Crippen LogP contribution >= 0.6 is 11.6 Å². The maximum Gasteiger partial charge on any atom is 0.254 e. The highest BCUT2D eigenvalue weighted by molar-refractivity contribution is 6.30. The molecule has 0 saturated carbocycles. The molecule has 0 aliphatic heterocycles. The smallest absolute Gasteiger partial charge is 0.254 e. The molecule has 0 bridgehead atoms. The van der Waals surface area contributed by atoms with Crippen LogP contribution in [0.25, 0.3) is 0 Å². The van der Waals surface area contributed by atoms with Crippen molar-refractivity contribution >= 4 is 29.1 Å². The fraction of sp³-hybridized carbons (Fsp3) is 0.150. The Labute approximate surface area is 161 Å². The molecule has 0 aliphatic rings. The van der Waals surface area contributed by atoms with Gasteiger partial charge in [-0.3, -0.25) is 4.79 Å². The second-order valence-electron chi connectivity index (χ2n) is 5.98. The summed E-state index contributed by atoms with van der Waals surface area (Å²) in [5.41, 5.74) is 2.69. The second-order valence-corrected chi connectivity index (χ2v) is 6.41. The van der Waals surface area contributed by atoms with E-state index < -0.39 is 0 Å². The molecular formula is C20H18ClFN4O. The summed E-state index contributed by atoms with van der Waals surface area (Å²) in [7, 11) is 0. The Kier molecular flexibility index (Phi) is 5.98. The number of nitrogens with one attached hydrogen (secondary N) is 2. The largest absolute Gasteiger partial charge is 0.352 e. The number of rotatable bonds is 6. The van der Waals surface area contributed by atoms with Crippen molar-refractivity contribution in [2.45, 2.75) is 13.3 Å². The number of carbonyl (C=O) groups is 1. The maximum atomic E-state index is 13.6. The number of amides is 1. The molecule has 1 amide bonds. The summed E-state index contributed by atoms with van der Waals surface area (Å²) in [6.45, 7) is 2.26. The first kappa shape index (κ1) is 18.8. The predicted octanol–water partition coefficient (Wildman–Crippen LogP) is 4.29. The van der Waals surface area contributed by atoms with Crippen molar-refractivity contribution in [1.29, 1.82) is 0 Å². The van der Waals surface area contributed by atoms with Gasteiger partial charge >= 0.3 is 0 Å². The standard InChI is InChI=1S/C20H18ClFN4O/c1-13-6-7-16(21)10-18(13)26-20-24-11-15(12-25-20)19(27)23-9-8-14-4-2-3-5-17(14)22/h2-7,10-12H,8-9H2,1H3,(H,23,27)(H,24,25,26). The Balaban J connectivity index is 1.57. The van der Waals surface area contributed by atoms with Crippen LogP contribution in [-0.2, 0) is 6.42 Å². The zero-order valence-electron chi connectivity index (χ0n) is 14.7. The molecule has 3 rings (SSSR count). The number of halogens is 2. The molecule has 0 saturated heterocycles. The van der Waals surface area contributed by atoms with Gasteiger partial charge in [0.25, 0.3) is 5.91 Å².